The first-order valence-corrected chi connectivity index (χ1v) is 9.38. The van der Waals surface area contributed by atoms with Gasteiger partial charge in [-0.05, 0) is 24.8 Å². The summed E-state index contributed by atoms with van der Waals surface area (Å²) in [4.78, 5) is 29.8. The van der Waals surface area contributed by atoms with Crippen LogP contribution in [0.5, 0.6) is 0 Å². The molecule has 2 amide bonds. The zero-order valence-corrected chi connectivity index (χ0v) is 14.8. The van der Waals surface area contributed by atoms with Gasteiger partial charge in [0, 0.05) is 25.6 Å². The Hall–Kier alpha value is -2.61. The molecule has 0 spiro atoms. The molecule has 2 aliphatic heterocycles. The van der Waals surface area contributed by atoms with Gasteiger partial charge in [0.2, 0.25) is 11.8 Å². The lowest BCUT2D eigenvalue weighted by molar-refractivity contribution is -0.143. The standard InChI is InChI=1S/C21H23N3O2/c22-12-17-9-5-11-24(17)20(25)18-10-4-8-16-14-23(21(26)19(16)18)13-15-6-2-1-3-7-15/h1-4,6-8,16-19H,5,9-11,13-14H2. The SMILES string of the molecule is N#CC1CCCN1C(=O)C1CC=CC2CN(Cc3ccccc3)C(=O)C21. The van der Waals surface area contributed by atoms with Gasteiger partial charge >= 0.3 is 0 Å². The van der Waals surface area contributed by atoms with E-state index in [-0.39, 0.29) is 35.6 Å². The van der Waals surface area contributed by atoms with Gasteiger partial charge in [-0.1, -0.05) is 42.5 Å². The molecule has 3 aliphatic rings. The molecular weight excluding hydrogens is 326 g/mol. The number of amides is 2. The fourth-order valence-corrected chi connectivity index (χ4v) is 4.63. The van der Waals surface area contributed by atoms with E-state index in [2.05, 4.69) is 12.1 Å². The van der Waals surface area contributed by atoms with Crippen LogP contribution in [0, 0.1) is 29.1 Å². The topological polar surface area (TPSA) is 64.4 Å². The van der Waals surface area contributed by atoms with Crippen LogP contribution in [0.1, 0.15) is 24.8 Å². The van der Waals surface area contributed by atoms with E-state index in [0.717, 1.165) is 18.4 Å². The maximum absolute atomic E-state index is 13.1. The number of carbonyl (C=O) groups excluding carboxylic acids is 2. The molecule has 4 unspecified atom stereocenters. The summed E-state index contributed by atoms with van der Waals surface area (Å²) in [7, 11) is 0. The fraction of sp³-hybridized carbons (Fsp3) is 0.476. The zero-order chi connectivity index (χ0) is 18.1. The van der Waals surface area contributed by atoms with E-state index in [1.165, 1.54) is 0 Å². The Balaban J connectivity index is 1.52. The average Bonchev–Trinajstić information content (AvgIpc) is 3.27. The van der Waals surface area contributed by atoms with Crippen LogP contribution in [-0.2, 0) is 16.1 Å². The molecule has 2 fully saturated rings. The number of benzene rings is 1. The zero-order valence-electron chi connectivity index (χ0n) is 14.8. The number of fused-ring (bicyclic) bond motifs is 1. The highest BCUT2D eigenvalue weighted by Crippen LogP contribution is 2.39. The van der Waals surface area contributed by atoms with Gasteiger partial charge in [-0.25, -0.2) is 0 Å². The van der Waals surface area contributed by atoms with Gasteiger partial charge < -0.3 is 9.80 Å². The van der Waals surface area contributed by atoms with Crippen LogP contribution in [0.3, 0.4) is 0 Å². The summed E-state index contributed by atoms with van der Waals surface area (Å²) in [6, 6.07) is 11.9. The highest BCUT2D eigenvalue weighted by molar-refractivity contribution is 5.90. The van der Waals surface area contributed by atoms with Crippen molar-refractivity contribution < 1.29 is 9.59 Å². The van der Waals surface area contributed by atoms with Gasteiger partial charge in [-0.2, -0.15) is 5.26 Å². The molecule has 134 valence electrons. The summed E-state index contributed by atoms with van der Waals surface area (Å²) < 4.78 is 0. The minimum Gasteiger partial charge on any atom is -0.337 e. The second-order valence-electron chi connectivity index (χ2n) is 7.48. The summed E-state index contributed by atoms with van der Waals surface area (Å²) in [5.41, 5.74) is 1.11. The van der Waals surface area contributed by atoms with Gasteiger partial charge in [0.05, 0.1) is 17.9 Å². The van der Waals surface area contributed by atoms with Crippen molar-refractivity contribution in [2.24, 2.45) is 17.8 Å². The number of hydrogen-bond donors (Lipinski definition) is 0. The smallest absolute Gasteiger partial charge is 0.227 e. The van der Waals surface area contributed by atoms with E-state index < -0.39 is 0 Å². The molecule has 4 atom stereocenters. The van der Waals surface area contributed by atoms with Crippen molar-refractivity contribution >= 4 is 11.8 Å². The summed E-state index contributed by atoms with van der Waals surface area (Å²) in [5.74, 6) is -0.446. The summed E-state index contributed by atoms with van der Waals surface area (Å²) in [6.07, 6.45) is 6.35. The number of likely N-dealkylation sites (tertiary alicyclic amines) is 2. The molecule has 2 heterocycles. The summed E-state index contributed by atoms with van der Waals surface area (Å²) in [5, 5.41) is 9.30. The van der Waals surface area contributed by atoms with Crippen LogP contribution < -0.4 is 0 Å². The van der Waals surface area contributed by atoms with Gasteiger partial charge in [0.15, 0.2) is 0 Å². The van der Waals surface area contributed by atoms with Crippen molar-refractivity contribution in [2.45, 2.75) is 31.8 Å². The molecule has 0 aromatic heterocycles. The molecule has 0 N–H and O–H groups in total. The molecule has 4 rings (SSSR count). The van der Waals surface area contributed by atoms with Gasteiger partial charge in [0.25, 0.3) is 0 Å². The normalized spacial score (nSPS) is 30.3. The first-order chi connectivity index (χ1) is 12.7. The summed E-state index contributed by atoms with van der Waals surface area (Å²) >= 11 is 0. The molecule has 1 aromatic rings. The second-order valence-corrected chi connectivity index (χ2v) is 7.48. The monoisotopic (exact) mass is 349 g/mol. The van der Waals surface area contributed by atoms with Gasteiger partial charge in [-0.15, -0.1) is 0 Å². The molecule has 0 bridgehead atoms. The molecule has 1 aromatic carbocycles. The van der Waals surface area contributed by atoms with E-state index in [4.69, 9.17) is 0 Å². The molecule has 1 aliphatic carbocycles. The fourth-order valence-electron chi connectivity index (χ4n) is 4.63. The Morgan fingerprint density at radius 3 is 2.85 bits per heavy atom. The maximum atomic E-state index is 13.1. The first-order valence-electron chi connectivity index (χ1n) is 9.38. The lowest BCUT2D eigenvalue weighted by atomic mass is 9.76. The van der Waals surface area contributed by atoms with E-state index in [9.17, 15) is 14.9 Å². The van der Waals surface area contributed by atoms with Crippen LogP contribution >= 0.6 is 0 Å². The molecular formula is C21H23N3O2. The van der Waals surface area contributed by atoms with E-state index in [1.54, 1.807) is 4.90 Å². The van der Waals surface area contributed by atoms with Gasteiger partial charge in [0.1, 0.15) is 6.04 Å². The van der Waals surface area contributed by atoms with Crippen molar-refractivity contribution in [3.05, 3.63) is 48.0 Å². The van der Waals surface area contributed by atoms with Crippen molar-refractivity contribution in [2.75, 3.05) is 13.1 Å². The molecule has 5 nitrogen and oxygen atoms in total. The number of carbonyl (C=O) groups is 2. The number of nitrogens with zero attached hydrogens (tertiary/aromatic N) is 3. The van der Waals surface area contributed by atoms with Crippen molar-refractivity contribution in [3.63, 3.8) is 0 Å². The predicted octanol–water partition coefficient (Wildman–Crippen LogP) is 2.35. The van der Waals surface area contributed by atoms with Crippen molar-refractivity contribution in [3.8, 4) is 6.07 Å². The predicted molar refractivity (Wildman–Crippen MR) is 96.4 cm³/mol. The lowest BCUT2D eigenvalue weighted by Crippen LogP contribution is -2.44. The summed E-state index contributed by atoms with van der Waals surface area (Å²) in [6.45, 7) is 1.89. The molecule has 0 saturated carbocycles. The van der Waals surface area contributed by atoms with Crippen molar-refractivity contribution in [1.82, 2.24) is 9.80 Å². The van der Waals surface area contributed by atoms with Crippen LogP contribution in [0.25, 0.3) is 0 Å². The average molecular weight is 349 g/mol. The van der Waals surface area contributed by atoms with Crippen LogP contribution in [0.2, 0.25) is 0 Å². The van der Waals surface area contributed by atoms with E-state index in [1.807, 2.05) is 41.3 Å². The minimum atomic E-state index is -0.330. The largest absolute Gasteiger partial charge is 0.337 e. The van der Waals surface area contributed by atoms with E-state index in [0.29, 0.717) is 26.1 Å². The lowest BCUT2D eigenvalue weighted by Gasteiger charge is -2.31. The highest BCUT2D eigenvalue weighted by Gasteiger charge is 2.49. The highest BCUT2D eigenvalue weighted by atomic mass is 16.2. The second kappa shape index (κ2) is 6.95. The van der Waals surface area contributed by atoms with Crippen LogP contribution in [-0.4, -0.2) is 40.7 Å². The Morgan fingerprint density at radius 2 is 2.08 bits per heavy atom. The van der Waals surface area contributed by atoms with Crippen LogP contribution in [0.4, 0.5) is 0 Å². The molecule has 0 radical (unpaired) electrons. The Labute approximate surface area is 153 Å². The maximum Gasteiger partial charge on any atom is 0.227 e. The minimum absolute atomic E-state index is 0.0108. The molecule has 26 heavy (non-hydrogen) atoms. The Kier molecular flexibility index (Phi) is 4.50. The Morgan fingerprint density at radius 1 is 1.27 bits per heavy atom. The molecule has 2 saturated heterocycles. The number of allylic oxidation sites excluding steroid dienone is 1. The quantitative estimate of drug-likeness (QED) is 0.787. The van der Waals surface area contributed by atoms with Gasteiger partial charge in [-0.3, -0.25) is 9.59 Å². The number of rotatable bonds is 3. The number of hydrogen-bond acceptors (Lipinski definition) is 3. The first kappa shape index (κ1) is 16.8. The third-order valence-electron chi connectivity index (χ3n) is 5.91. The van der Waals surface area contributed by atoms with Crippen molar-refractivity contribution in [1.29, 1.82) is 5.26 Å². The third-order valence-corrected chi connectivity index (χ3v) is 5.91. The molecule has 5 heteroatoms. The van der Waals surface area contributed by atoms with Crippen LogP contribution in [0.15, 0.2) is 42.5 Å². The number of nitriles is 1. The Bertz CT molecular complexity index is 767. The third kappa shape index (κ3) is 2.90. The van der Waals surface area contributed by atoms with E-state index >= 15 is 0 Å².